The van der Waals surface area contributed by atoms with Crippen molar-refractivity contribution in [3.05, 3.63) is 54.1 Å². The second-order valence-corrected chi connectivity index (χ2v) is 7.27. The van der Waals surface area contributed by atoms with E-state index in [1.807, 2.05) is 39.0 Å². The average Bonchev–Trinajstić information content (AvgIpc) is 2.69. The van der Waals surface area contributed by atoms with Crippen LogP contribution in [0.2, 0.25) is 0 Å². The normalized spacial score (nSPS) is 13.9. The van der Waals surface area contributed by atoms with Crippen LogP contribution in [0, 0.1) is 12.8 Å². The summed E-state index contributed by atoms with van der Waals surface area (Å²) in [6.45, 7) is 5.57. The Balaban J connectivity index is 1.70. The summed E-state index contributed by atoms with van der Waals surface area (Å²) >= 11 is 0. The monoisotopic (exact) mass is 392 g/mol. The summed E-state index contributed by atoms with van der Waals surface area (Å²) < 4.78 is 0. The third-order valence-corrected chi connectivity index (χ3v) is 4.48. The Morgan fingerprint density at radius 3 is 2.28 bits per heavy atom. The third-order valence-electron chi connectivity index (χ3n) is 4.48. The zero-order valence-electron chi connectivity index (χ0n) is 16.7. The summed E-state index contributed by atoms with van der Waals surface area (Å²) in [5, 5.41) is 11.2. The highest BCUT2D eigenvalue weighted by Gasteiger charge is 2.25. The van der Waals surface area contributed by atoms with Gasteiger partial charge >= 0.3 is 0 Å². The number of anilines is 3. The minimum Gasteiger partial charge on any atom is -0.326 e. The highest BCUT2D eigenvalue weighted by atomic mass is 16.2. The second kappa shape index (κ2) is 8.68. The van der Waals surface area contributed by atoms with Crippen LogP contribution in [-0.2, 0) is 14.4 Å². The molecule has 7 nitrogen and oxygen atoms in total. The second-order valence-electron chi connectivity index (χ2n) is 7.27. The highest BCUT2D eigenvalue weighted by molar-refractivity contribution is 6.44. The van der Waals surface area contributed by atoms with Crippen molar-refractivity contribution in [1.82, 2.24) is 0 Å². The van der Waals surface area contributed by atoms with Gasteiger partial charge in [-0.25, -0.2) is 5.01 Å². The van der Waals surface area contributed by atoms with Gasteiger partial charge in [0.15, 0.2) is 0 Å². The fourth-order valence-corrected chi connectivity index (χ4v) is 2.80. The van der Waals surface area contributed by atoms with Crippen LogP contribution in [0.25, 0.3) is 0 Å². The van der Waals surface area contributed by atoms with Crippen LogP contribution in [0.5, 0.6) is 0 Å². The van der Waals surface area contributed by atoms with Crippen molar-refractivity contribution in [2.45, 2.75) is 33.6 Å². The maximum absolute atomic E-state index is 12.6. The largest absolute Gasteiger partial charge is 0.326 e. The quantitative estimate of drug-likeness (QED) is 0.813. The highest BCUT2D eigenvalue weighted by Crippen LogP contribution is 2.22. The number of amides is 3. The van der Waals surface area contributed by atoms with E-state index in [2.05, 4.69) is 15.7 Å². The Hall–Kier alpha value is -3.48. The van der Waals surface area contributed by atoms with Crippen molar-refractivity contribution in [3.63, 3.8) is 0 Å². The predicted octanol–water partition coefficient (Wildman–Crippen LogP) is 3.71. The van der Waals surface area contributed by atoms with Gasteiger partial charge in [0.05, 0.1) is 5.69 Å². The molecule has 0 aliphatic carbocycles. The molecular weight excluding hydrogens is 368 g/mol. The summed E-state index contributed by atoms with van der Waals surface area (Å²) in [6, 6.07) is 14.3. The van der Waals surface area contributed by atoms with Crippen molar-refractivity contribution < 1.29 is 14.4 Å². The molecular formula is C22H24N4O3. The van der Waals surface area contributed by atoms with E-state index in [-0.39, 0.29) is 36.5 Å². The van der Waals surface area contributed by atoms with E-state index < -0.39 is 0 Å². The van der Waals surface area contributed by atoms with Crippen molar-refractivity contribution in [2.24, 2.45) is 11.0 Å². The molecule has 0 bridgehead atoms. The van der Waals surface area contributed by atoms with Gasteiger partial charge in [-0.05, 0) is 48.9 Å². The fourth-order valence-electron chi connectivity index (χ4n) is 2.80. The van der Waals surface area contributed by atoms with Crippen molar-refractivity contribution >= 4 is 40.5 Å². The lowest BCUT2D eigenvalue weighted by atomic mass is 10.1. The Kier molecular flexibility index (Phi) is 6.07. The number of hydrogen-bond acceptors (Lipinski definition) is 4. The number of hydrogen-bond donors (Lipinski definition) is 2. The first kappa shape index (κ1) is 20.3. The average molecular weight is 392 g/mol. The van der Waals surface area contributed by atoms with Crippen molar-refractivity contribution in [1.29, 1.82) is 0 Å². The molecule has 1 aliphatic rings. The Morgan fingerprint density at radius 1 is 1.00 bits per heavy atom. The minimum atomic E-state index is -0.353. The lowest BCUT2D eigenvalue weighted by Crippen LogP contribution is -2.36. The van der Waals surface area contributed by atoms with Gasteiger partial charge in [-0.3, -0.25) is 14.4 Å². The number of carbonyl (C=O) groups is 3. The molecule has 0 atom stereocenters. The van der Waals surface area contributed by atoms with Gasteiger partial charge in [0.2, 0.25) is 11.8 Å². The molecule has 0 saturated carbocycles. The van der Waals surface area contributed by atoms with Gasteiger partial charge in [-0.15, -0.1) is 0 Å². The molecule has 1 aliphatic heterocycles. The van der Waals surface area contributed by atoms with Crippen LogP contribution < -0.4 is 15.6 Å². The lowest BCUT2D eigenvalue weighted by molar-refractivity contribution is -0.119. The van der Waals surface area contributed by atoms with E-state index in [1.165, 1.54) is 5.01 Å². The summed E-state index contributed by atoms with van der Waals surface area (Å²) in [4.78, 5) is 36.6. The number of nitrogens with zero attached hydrogens (tertiary/aromatic N) is 2. The number of nitrogens with one attached hydrogen (secondary N) is 2. The maximum atomic E-state index is 12.6. The van der Waals surface area contributed by atoms with Crippen LogP contribution >= 0.6 is 0 Å². The first-order valence-electron chi connectivity index (χ1n) is 9.53. The molecule has 29 heavy (non-hydrogen) atoms. The van der Waals surface area contributed by atoms with Crippen molar-refractivity contribution in [3.8, 4) is 0 Å². The Morgan fingerprint density at radius 2 is 1.66 bits per heavy atom. The third kappa shape index (κ3) is 5.07. The van der Waals surface area contributed by atoms with Crippen LogP contribution in [0.3, 0.4) is 0 Å². The van der Waals surface area contributed by atoms with Crippen molar-refractivity contribution in [2.75, 3.05) is 15.6 Å². The summed E-state index contributed by atoms with van der Waals surface area (Å²) in [5.41, 5.74) is 3.19. The van der Waals surface area contributed by atoms with Gasteiger partial charge in [-0.1, -0.05) is 26.0 Å². The molecule has 2 N–H and O–H groups in total. The molecule has 150 valence electrons. The van der Waals surface area contributed by atoms with Gasteiger partial charge in [-0.2, -0.15) is 5.10 Å². The molecule has 2 aromatic carbocycles. The van der Waals surface area contributed by atoms with E-state index in [4.69, 9.17) is 0 Å². The zero-order valence-corrected chi connectivity index (χ0v) is 16.7. The smallest absolute Gasteiger partial charge is 0.271 e. The van der Waals surface area contributed by atoms with Gasteiger partial charge in [0.1, 0.15) is 5.71 Å². The standard InChI is InChI=1S/C22H24N4O3/c1-14(2)21(28)23-16-7-9-17(10-8-16)24-22(29)19-11-12-20(27)26(25-19)18-6-4-5-15(3)13-18/h4-10,13-14H,11-12H2,1-3H3,(H,23,28)(H,24,29). The Labute approximate surface area is 169 Å². The molecule has 0 aromatic heterocycles. The molecule has 0 saturated heterocycles. The molecule has 0 unspecified atom stereocenters. The van der Waals surface area contributed by atoms with Crippen LogP contribution in [0.1, 0.15) is 32.3 Å². The summed E-state index contributed by atoms with van der Waals surface area (Å²) in [5.74, 6) is -0.677. The Bertz CT molecular complexity index is 964. The number of rotatable bonds is 5. The van der Waals surface area contributed by atoms with E-state index in [0.717, 1.165) is 5.56 Å². The molecule has 0 spiro atoms. The van der Waals surface area contributed by atoms with E-state index >= 15 is 0 Å². The van der Waals surface area contributed by atoms with E-state index in [0.29, 0.717) is 22.8 Å². The summed E-state index contributed by atoms with van der Waals surface area (Å²) in [7, 11) is 0. The van der Waals surface area contributed by atoms with Crippen LogP contribution in [0.4, 0.5) is 17.1 Å². The zero-order chi connectivity index (χ0) is 21.0. The SMILES string of the molecule is Cc1cccc(N2N=C(C(=O)Nc3ccc(NC(=O)C(C)C)cc3)CCC2=O)c1. The molecule has 1 heterocycles. The lowest BCUT2D eigenvalue weighted by Gasteiger charge is -2.23. The number of benzene rings is 2. The fraction of sp³-hybridized carbons (Fsp3) is 0.273. The predicted molar refractivity (Wildman–Crippen MR) is 114 cm³/mol. The van der Waals surface area contributed by atoms with Crippen LogP contribution in [-0.4, -0.2) is 23.4 Å². The first-order chi connectivity index (χ1) is 13.8. The molecule has 2 aromatic rings. The summed E-state index contributed by atoms with van der Waals surface area (Å²) in [6.07, 6.45) is 0.510. The topological polar surface area (TPSA) is 90.9 Å². The number of aryl methyl sites for hydroxylation is 1. The first-order valence-corrected chi connectivity index (χ1v) is 9.53. The number of hydrazone groups is 1. The van der Waals surface area contributed by atoms with E-state index in [1.54, 1.807) is 30.3 Å². The van der Waals surface area contributed by atoms with Crippen LogP contribution in [0.15, 0.2) is 53.6 Å². The van der Waals surface area contributed by atoms with E-state index in [9.17, 15) is 14.4 Å². The molecule has 3 amide bonds. The van der Waals surface area contributed by atoms with Gasteiger partial charge in [0, 0.05) is 30.1 Å². The molecule has 7 heteroatoms. The van der Waals surface area contributed by atoms with Gasteiger partial charge in [0.25, 0.3) is 5.91 Å². The molecule has 3 rings (SSSR count). The van der Waals surface area contributed by atoms with Gasteiger partial charge < -0.3 is 10.6 Å². The maximum Gasteiger partial charge on any atom is 0.271 e. The molecule has 0 fully saturated rings. The minimum absolute atomic E-state index is 0.0701. The number of carbonyl (C=O) groups excluding carboxylic acids is 3. The molecule has 0 radical (unpaired) electrons.